The lowest BCUT2D eigenvalue weighted by molar-refractivity contribution is 0.406. The molecule has 1 unspecified atom stereocenters. The van der Waals surface area contributed by atoms with Crippen LogP contribution >= 0.6 is 11.6 Å². The van der Waals surface area contributed by atoms with Gasteiger partial charge in [-0.25, -0.2) is 4.68 Å². The summed E-state index contributed by atoms with van der Waals surface area (Å²) in [5, 5.41) is 4.75. The van der Waals surface area contributed by atoms with Crippen LogP contribution in [0.2, 0.25) is 5.02 Å². The zero-order valence-electron chi connectivity index (χ0n) is 8.83. The second-order valence-electron chi connectivity index (χ2n) is 3.53. The van der Waals surface area contributed by atoms with Crippen molar-refractivity contribution in [3.63, 3.8) is 0 Å². The largest absolute Gasteiger partial charge is 0.383 e. The molecule has 0 bridgehead atoms. The van der Waals surface area contributed by atoms with Crippen LogP contribution in [-0.2, 0) is 0 Å². The van der Waals surface area contributed by atoms with Crippen LogP contribution < -0.4 is 5.73 Å². The number of nitrogen functional groups attached to an aromatic ring is 1. The van der Waals surface area contributed by atoms with Crippen LogP contribution in [-0.4, -0.2) is 9.78 Å². The summed E-state index contributed by atoms with van der Waals surface area (Å²) in [6.07, 6.45) is 6.18. The number of nitrogens with zero attached hydrogens (tertiary/aromatic N) is 2. The van der Waals surface area contributed by atoms with Gasteiger partial charge in [0.15, 0.2) is 0 Å². The minimum atomic E-state index is 0.391. The molecule has 0 aliphatic carbocycles. The summed E-state index contributed by atoms with van der Waals surface area (Å²) in [5.41, 5.74) is 5.82. The van der Waals surface area contributed by atoms with Gasteiger partial charge in [-0.15, -0.1) is 0 Å². The fourth-order valence-electron chi connectivity index (χ4n) is 1.58. The molecule has 14 heavy (non-hydrogen) atoms. The summed E-state index contributed by atoms with van der Waals surface area (Å²) in [6, 6.07) is 0.391. The number of anilines is 1. The average molecular weight is 216 g/mol. The van der Waals surface area contributed by atoms with Crippen LogP contribution in [0.15, 0.2) is 6.20 Å². The molecule has 1 rings (SSSR count). The van der Waals surface area contributed by atoms with E-state index in [2.05, 4.69) is 18.9 Å². The minimum Gasteiger partial charge on any atom is -0.383 e. The first-order valence-electron chi connectivity index (χ1n) is 5.19. The van der Waals surface area contributed by atoms with Gasteiger partial charge in [-0.1, -0.05) is 38.3 Å². The molecule has 0 radical (unpaired) electrons. The molecule has 4 heteroatoms. The van der Waals surface area contributed by atoms with E-state index in [9.17, 15) is 0 Å². The summed E-state index contributed by atoms with van der Waals surface area (Å²) in [7, 11) is 0. The topological polar surface area (TPSA) is 43.8 Å². The van der Waals surface area contributed by atoms with Gasteiger partial charge in [-0.2, -0.15) is 5.10 Å². The van der Waals surface area contributed by atoms with Crippen molar-refractivity contribution in [2.24, 2.45) is 0 Å². The fraction of sp³-hybridized carbons (Fsp3) is 0.700. The van der Waals surface area contributed by atoms with Gasteiger partial charge in [0.25, 0.3) is 0 Å². The number of aromatic nitrogens is 2. The van der Waals surface area contributed by atoms with Crippen molar-refractivity contribution in [3.8, 4) is 0 Å². The molecular formula is C10H18ClN3. The van der Waals surface area contributed by atoms with E-state index >= 15 is 0 Å². The first kappa shape index (κ1) is 11.4. The molecule has 0 saturated heterocycles. The molecule has 0 aliphatic heterocycles. The van der Waals surface area contributed by atoms with Gasteiger partial charge in [0.05, 0.1) is 12.2 Å². The molecule has 0 aliphatic rings. The third-order valence-corrected chi connectivity index (χ3v) is 2.79. The Hall–Kier alpha value is -0.700. The van der Waals surface area contributed by atoms with Gasteiger partial charge >= 0.3 is 0 Å². The van der Waals surface area contributed by atoms with Crippen molar-refractivity contribution in [1.82, 2.24) is 9.78 Å². The van der Waals surface area contributed by atoms with Crippen LogP contribution in [0, 0.1) is 0 Å². The molecule has 0 amide bonds. The third kappa shape index (κ3) is 2.41. The first-order valence-corrected chi connectivity index (χ1v) is 5.57. The highest BCUT2D eigenvalue weighted by molar-refractivity contribution is 6.32. The van der Waals surface area contributed by atoms with Crippen LogP contribution in [0.5, 0.6) is 0 Å². The lowest BCUT2D eigenvalue weighted by Crippen LogP contribution is -2.12. The summed E-state index contributed by atoms with van der Waals surface area (Å²) in [5.74, 6) is 0.592. The SMILES string of the molecule is CCCCC(CC)n1ncc(Cl)c1N. The second kappa shape index (κ2) is 5.25. The smallest absolute Gasteiger partial charge is 0.140 e. The lowest BCUT2D eigenvalue weighted by atomic mass is 10.1. The number of nitrogens with two attached hydrogens (primary N) is 1. The Bertz CT molecular complexity index is 283. The van der Waals surface area contributed by atoms with E-state index in [1.807, 2.05) is 4.68 Å². The maximum absolute atomic E-state index is 5.86. The predicted molar refractivity (Wildman–Crippen MR) is 60.5 cm³/mol. The van der Waals surface area contributed by atoms with Gasteiger partial charge in [0.1, 0.15) is 10.8 Å². The number of hydrogen-bond donors (Lipinski definition) is 1. The van der Waals surface area contributed by atoms with Crippen LogP contribution in [0.4, 0.5) is 5.82 Å². The summed E-state index contributed by atoms with van der Waals surface area (Å²) in [4.78, 5) is 0. The molecule has 1 heterocycles. The molecule has 0 spiro atoms. The second-order valence-corrected chi connectivity index (χ2v) is 3.93. The Morgan fingerprint density at radius 2 is 2.29 bits per heavy atom. The molecule has 0 fully saturated rings. The molecule has 3 nitrogen and oxygen atoms in total. The molecule has 1 atom stereocenters. The van der Waals surface area contributed by atoms with Gasteiger partial charge in [-0.3, -0.25) is 0 Å². The third-order valence-electron chi connectivity index (χ3n) is 2.50. The minimum absolute atomic E-state index is 0.391. The molecule has 0 aromatic carbocycles. The molecule has 80 valence electrons. The highest BCUT2D eigenvalue weighted by Crippen LogP contribution is 2.25. The first-order chi connectivity index (χ1) is 6.70. The fourth-order valence-corrected chi connectivity index (χ4v) is 1.71. The summed E-state index contributed by atoms with van der Waals surface area (Å²) < 4.78 is 1.85. The standard InChI is InChI=1S/C10H18ClN3/c1-3-5-6-8(4-2)14-10(12)9(11)7-13-14/h7-8H,3-6,12H2,1-2H3. The van der Waals surface area contributed by atoms with E-state index in [4.69, 9.17) is 17.3 Å². The van der Waals surface area contributed by atoms with E-state index in [1.54, 1.807) is 6.20 Å². The zero-order chi connectivity index (χ0) is 10.6. The Balaban J connectivity index is 2.73. The molecule has 1 aromatic rings. The molecule has 0 saturated carbocycles. The maximum atomic E-state index is 5.86. The summed E-state index contributed by atoms with van der Waals surface area (Å²) in [6.45, 7) is 4.33. The van der Waals surface area contributed by atoms with Crippen LogP contribution in [0.1, 0.15) is 45.6 Å². The van der Waals surface area contributed by atoms with Crippen LogP contribution in [0.3, 0.4) is 0 Å². The number of hydrogen-bond acceptors (Lipinski definition) is 2. The zero-order valence-corrected chi connectivity index (χ0v) is 9.59. The Morgan fingerprint density at radius 3 is 2.71 bits per heavy atom. The van der Waals surface area contributed by atoms with Gasteiger partial charge in [0.2, 0.25) is 0 Å². The molecule has 2 N–H and O–H groups in total. The van der Waals surface area contributed by atoms with Gasteiger partial charge in [-0.05, 0) is 12.8 Å². The van der Waals surface area contributed by atoms with Crippen molar-refractivity contribution in [2.45, 2.75) is 45.6 Å². The number of rotatable bonds is 5. The monoisotopic (exact) mass is 215 g/mol. The maximum Gasteiger partial charge on any atom is 0.140 e. The van der Waals surface area contributed by atoms with Crippen molar-refractivity contribution >= 4 is 17.4 Å². The number of halogens is 1. The van der Waals surface area contributed by atoms with Gasteiger partial charge in [0, 0.05) is 0 Å². The summed E-state index contributed by atoms with van der Waals surface area (Å²) >= 11 is 5.86. The Kier molecular flexibility index (Phi) is 4.26. The average Bonchev–Trinajstić information content (AvgIpc) is 2.51. The Morgan fingerprint density at radius 1 is 1.57 bits per heavy atom. The highest BCUT2D eigenvalue weighted by Gasteiger charge is 2.13. The van der Waals surface area contributed by atoms with Crippen molar-refractivity contribution in [1.29, 1.82) is 0 Å². The highest BCUT2D eigenvalue weighted by atomic mass is 35.5. The lowest BCUT2D eigenvalue weighted by Gasteiger charge is -2.16. The predicted octanol–water partition coefficient (Wildman–Crippen LogP) is 3.26. The van der Waals surface area contributed by atoms with E-state index < -0.39 is 0 Å². The quantitative estimate of drug-likeness (QED) is 0.820. The van der Waals surface area contributed by atoms with E-state index in [1.165, 1.54) is 12.8 Å². The van der Waals surface area contributed by atoms with Gasteiger partial charge < -0.3 is 5.73 Å². The van der Waals surface area contributed by atoms with Crippen molar-refractivity contribution in [2.75, 3.05) is 5.73 Å². The van der Waals surface area contributed by atoms with Crippen LogP contribution in [0.25, 0.3) is 0 Å². The molecular weight excluding hydrogens is 198 g/mol. The molecule has 1 aromatic heterocycles. The Labute approximate surface area is 90.2 Å². The number of unbranched alkanes of at least 4 members (excludes halogenated alkanes) is 1. The van der Waals surface area contributed by atoms with E-state index in [-0.39, 0.29) is 0 Å². The normalized spacial score (nSPS) is 13.1. The van der Waals surface area contributed by atoms with Crippen molar-refractivity contribution < 1.29 is 0 Å². The van der Waals surface area contributed by atoms with Crippen molar-refractivity contribution in [3.05, 3.63) is 11.2 Å². The van der Waals surface area contributed by atoms with E-state index in [0.717, 1.165) is 12.8 Å². The van der Waals surface area contributed by atoms with E-state index in [0.29, 0.717) is 16.9 Å².